The molecule has 2 aromatic carbocycles. The van der Waals surface area contributed by atoms with Crippen LogP contribution in [0.25, 0.3) is 0 Å². The zero-order valence-electron chi connectivity index (χ0n) is 13.7. The number of hydrogen-bond acceptors (Lipinski definition) is 5. The second-order valence-corrected chi connectivity index (χ2v) is 5.38. The third kappa shape index (κ3) is 4.80. The first-order valence-electron chi connectivity index (χ1n) is 7.57. The molecule has 5 nitrogen and oxygen atoms in total. The van der Waals surface area contributed by atoms with E-state index >= 15 is 0 Å². The minimum Gasteiger partial charge on any atom is -0.493 e. The quantitative estimate of drug-likeness (QED) is 0.336. The molecule has 0 atom stereocenters. The normalized spacial score (nSPS) is 10.8. The Morgan fingerprint density at radius 1 is 1.12 bits per heavy atom. The molecule has 0 spiro atoms. The Kier molecular flexibility index (Phi) is 6.75. The summed E-state index contributed by atoms with van der Waals surface area (Å²) in [5.41, 5.74) is 1.88. The molecule has 2 aromatic rings. The summed E-state index contributed by atoms with van der Waals surface area (Å²) in [7, 11) is 1.52. The van der Waals surface area contributed by atoms with Crippen LogP contribution in [-0.2, 0) is 6.42 Å². The summed E-state index contributed by atoms with van der Waals surface area (Å²) in [6.07, 6.45) is 2.26. The Morgan fingerprint density at radius 3 is 2.46 bits per heavy atom. The highest BCUT2D eigenvalue weighted by Crippen LogP contribution is 2.36. The lowest BCUT2D eigenvalue weighted by Crippen LogP contribution is -2.10. The molecule has 0 saturated carbocycles. The van der Waals surface area contributed by atoms with Crippen molar-refractivity contribution in [2.24, 2.45) is 5.16 Å². The molecule has 0 fully saturated rings. The van der Waals surface area contributed by atoms with E-state index in [0.717, 1.165) is 12.2 Å². The predicted octanol–water partition coefficient (Wildman–Crippen LogP) is 4.18. The van der Waals surface area contributed by atoms with Crippen LogP contribution >= 0.6 is 11.6 Å². The largest absolute Gasteiger partial charge is 0.493 e. The highest BCUT2D eigenvalue weighted by atomic mass is 35.5. The van der Waals surface area contributed by atoms with Crippen molar-refractivity contribution in [2.45, 2.75) is 13.3 Å². The molecular weight excluding hydrogens is 330 g/mol. The molecule has 0 aliphatic carbocycles. The van der Waals surface area contributed by atoms with Crippen LogP contribution in [0.2, 0.25) is 5.02 Å². The third-order valence-electron chi connectivity index (χ3n) is 3.39. The third-order valence-corrected chi connectivity index (χ3v) is 3.67. The number of ether oxygens (including phenoxy) is 3. The van der Waals surface area contributed by atoms with Crippen molar-refractivity contribution in [3.63, 3.8) is 0 Å². The number of hydrogen-bond donors (Lipinski definition) is 1. The first-order chi connectivity index (χ1) is 11.7. The Morgan fingerprint density at radius 2 is 1.83 bits per heavy atom. The van der Waals surface area contributed by atoms with Gasteiger partial charge in [-0.15, -0.1) is 0 Å². The van der Waals surface area contributed by atoms with Crippen LogP contribution in [0.1, 0.15) is 18.1 Å². The fourth-order valence-electron chi connectivity index (χ4n) is 2.15. The van der Waals surface area contributed by atoms with Gasteiger partial charge in [-0.3, -0.25) is 0 Å². The van der Waals surface area contributed by atoms with E-state index in [2.05, 4.69) is 12.1 Å². The number of rotatable bonds is 8. The Labute approximate surface area is 146 Å². The molecule has 0 aliphatic rings. The van der Waals surface area contributed by atoms with Crippen molar-refractivity contribution in [1.82, 2.24) is 0 Å². The topological polar surface area (TPSA) is 60.3 Å². The first-order valence-corrected chi connectivity index (χ1v) is 7.95. The van der Waals surface area contributed by atoms with E-state index in [1.54, 1.807) is 12.1 Å². The molecule has 2 rings (SSSR count). The second-order valence-electron chi connectivity index (χ2n) is 4.97. The van der Waals surface area contributed by atoms with Gasteiger partial charge in [-0.1, -0.05) is 35.8 Å². The van der Waals surface area contributed by atoms with Gasteiger partial charge >= 0.3 is 0 Å². The molecule has 6 heteroatoms. The van der Waals surface area contributed by atoms with E-state index in [0.29, 0.717) is 35.3 Å². The van der Waals surface area contributed by atoms with Crippen molar-refractivity contribution in [2.75, 3.05) is 20.3 Å². The fourth-order valence-corrected chi connectivity index (χ4v) is 2.42. The second kappa shape index (κ2) is 9.03. The Hall–Kier alpha value is -2.40. The molecule has 128 valence electrons. The average molecular weight is 350 g/mol. The molecule has 24 heavy (non-hydrogen) atoms. The molecule has 0 aliphatic heterocycles. The number of nitrogens with zero attached hydrogens (tertiary/aromatic N) is 1. The molecule has 0 heterocycles. The van der Waals surface area contributed by atoms with Crippen molar-refractivity contribution >= 4 is 17.8 Å². The smallest absolute Gasteiger partial charge is 0.179 e. The van der Waals surface area contributed by atoms with Gasteiger partial charge in [-0.25, -0.2) is 0 Å². The highest BCUT2D eigenvalue weighted by molar-refractivity contribution is 6.32. The molecule has 0 unspecified atom stereocenters. The van der Waals surface area contributed by atoms with Crippen LogP contribution in [0.15, 0.2) is 41.6 Å². The lowest BCUT2D eigenvalue weighted by Gasteiger charge is -2.13. The maximum atomic E-state index is 8.60. The summed E-state index contributed by atoms with van der Waals surface area (Å²) >= 11 is 6.19. The maximum absolute atomic E-state index is 8.60. The summed E-state index contributed by atoms with van der Waals surface area (Å²) in [5, 5.41) is 11.9. The van der Waals surface area contributed by atoms with Crippen LogP contribution in [0.5, 0.6) is 17.2 Å². The summed E-state index contributed by atoms with van der Waals surface area (Å²) in [4.78, 5) is 0. The molecule has 0 radical (unpaired) electrons. The van der Waals surface area contributed by atoms with E-state index in [9.17, 15) is 0 Å². The lowest BCUT2D eigenvalue weighted by molar-refractivity contribution is 0.211. The number of benzene rings is 2. The molecule has 1 N–H and O–H groups in total. The zero-order chi connectivity index (χ0) is 17.4. The van der Waals surface area contributed by atoms with E-state index in [-0.39, 0.29) is 0 Å². The Balaban J connectivity index is 1.93. The van der Waals surface area contributed by atoms with Crippen molar-refractivity contribution in [3.8, 4) is 17.2 Å². The van der Waals surface area contributed by atoms with Gasteiger partial charge in [0.2, 0.25) is 0 Å². The van der Waals surface area contributed by atoms with Crippen LogP contribution in [0.4, 0.5) is 0 Å². The van der Waals surface area contributed by atoms with Gasteiger partial charge in [-0.2, -0.15) is 0 Å². The van der Waals surface area contributed by atoms with Gasteiger partial charge in [0.25, 0.3) is 0 Å². The predicted molar refractivity (Wildman–Crippen MR) is 94.2 cm³/mol. The molecule has 0 amide bonds. The van der Waals surface area contributed by atoms with E-state index in [4.69, 9.17) is 31.0 Å². The summed E-state index contributed by atoms with van der Waals surface area (Å²) in [6.45, 7) is 2.81. The van der Waals surface area contributed by atoms with Crippen molar-refractivity contribution in [3.05, 3.63) is 52.5 Å². The van der Waals surface area contributed by atoms with Gasteiger partial charge in [0.05, 0.1) is 18.3 Å². The monoisotopic (exact) mass is 349 g/mol. The molecular formula is C18H20ClNO4. The standard InChI is InChI=1S/C18H20ClNO4/c1-3-13-4-6-15(7-5-13)23-8-9-24-18-16(19)10-14(12-20-21)11-17(18)22-2/h4-7,10-12,21H,3,8-9H2,1-2H3. The van der Waals surface area contributed by atoms with Gasteiger partial charge in [-0.05, 0) is 36.2 Å². The van der Waals surface area contributed by atoms with Gasteiger partial charge < -0.3 is 19.4 Å². The number of oxime groups is 1. The van der Waals surface area contributed by atoms with Gasteiger partial charge in [0.1, 0.15) is 19.0 Å². The van der Waals surface area contributed by atoms with Crippen LogP contribution in [-0.4, -0.2) is 31.7 Å². The Bertz CT molecular complexity index is 686. The van der Waals surface area contributed by atoms with Gasteiger partial charge in [0.15, 0.2) is 11.5 Å². The SMILES string of the molecule is CCc1ccc(OCCOc2c(Cl)cc(C=NO)cc2OC)cc1. The van der Waals surface area contributed by atoms with Crippen LogP contribution in [0, 0.1) is 0 Å². The number of halogens is 1. The summed E-state index contributed by atoms with van der Waals surface area (Å²) in [6, 6.07) is 11.3. The lowest BCUT2D eigenvalue weighted by atomic mass is 10.2. The maximum Gasteiger partial charge on any atom is 0.179 e. The van der Waals surface area contributed by atoms with Crippen LogP contribution in [0.3, 0.4) is 0 Å². The minimum atomic E-state index is 0.318. The zero-order valence-corrected chi connectivity index (χ0v) is 14.4. The minimum absolute atomic E-state index is 0.318. The molecule has 0 bridgehead atoms. The van der Waals surface area contributed by atoms with E-state index in [1.807, 2.05) is 24.3 Å². The number of methoxy groups -OCH3 is 1. The summed E-state index contributed by atoms with van der Waals surface area (Å²) < 4.78 is 16.6. The fraction of sp³-hybridized carbons (Fsp3) is 0.278. The highest BCUT2D eigenvalue weighted by Gasteiger charge is 2.11. The summed E-state index contributed by atoms with van der Waals surface area (Å²) in [5.74, 6) is 1.69. The van der Waals surface area contributed by atoms with Gasteiger partial charge in [0, 0.05) is 5.56 Å². The van der Waals surface area contributed by atoms with Crippen molar-refractivity contribution < 1.29 is 19.4 Å². The van der Waals surface area contributed by atoms with Crippen LogP contribution < -0.4 is 14.2 Å². The first kappa shape index (κ1) is 17.9. The van der Waals surface area contributed by atoms with E-state index in [1.165, 1.54) is 18.9 Å². The molecule has 0 aromatic heterocycles. The number of aryl methyl sites for hydroxylation is 1. The van der Waals surface area contributed by atoms with E-state index < -0.39 is 0 Å². The molecule has 0 saturated heterocycles. The average Bonchev–Trinajstić information content (AvgIpc) is 2.60. The van der Waals surface area contributed by atoms with Crippen molar-refractivity contribution in [1.29, 1.82) is 0 Å².